The number of aliphatic hydroxyl groups excluding tert-OH is 1. The molecule has 2 fully saturated rings. The number of aliphatic hydroxyl groups is 1. The van der Waals surface area contributed by atoms with E-state index in [1.807, 2.05) is 0 Å². The van der Waals surface area contributed by atoms with E-state index >= 15 is 0 Å². The van der Waals surface area contributed by atoms with Crippen LogP contribution in [0, 0.1) is 11.8 Å². The summed E-state index contributed by atoms with van der Waals surface area (Å²) < 4.78 is 31.3. The van der Waals surface area contributed by atoms with E-state index in [1.165, 1.54) is 0 Å². The van der Waals surface area contributed by atoms with E-state index in [0.29, 0.717) is 25.2 Å². The average Bonchev–Trinajstić information content (AvgIpc) is 2.15. The lowest BCUT2D eigenvalue weighted by Gasteiger charge is -2.45. The Morgan fingerprint density at radius 1 is 1.33 bits per heavy atom. The third-order valence-corrected chi connectivity index (χ3v) is 5.67. The first-order valence-corrected chi connectivity index (χ1v) is 6.99. The van der Waals surface area contributed by atoms with Gasteiger partial charge in [0.1, 0.15) is 0 Å². The lowest BCUT2D eigenvalue weighted by atomic mass is 9.67. The molecule has 2 N–H and O–H groups in total. The first kappa shape index (κ1) is 11.4. The molecule has 0 spiro atoms. The van der Waals surface area contributed by atoms with Gasteiger partial charge in [0.15, 0.2) is 0 Å². The molecule has 0 heterocycles. The second kappa shape index (κ2) is 3.71. The van der Waals surface area contributed by atoms with Crippen molar-refractivity contribution in [1.29, 1.82) is 0 Å². The van der Waals surface area contributed by atoms with Crippen LogP contribution in [0.15, 0.2) is 0 Å². The predicted molar refractivity (Wildman–Crippen MR) is 56.0 cm³/mol. The van der Waals surface area contributed by atoms with Gasteiger partial charge in [-0.25, -0.2) is 0 Å². The van der Waals surface area contributed by atoms with E-state index < -0.39 is 14.9 Å². The molecule has 88 valence electrons. The van der Waals surface area contributed by atoms with Crippen molar-refractivity contribution in [3.63, 3.8) is 0 Å². The molecule has 0 aromatic rings. The molecule has 0 amide bonds. The van der Waals surface area contributed by atoms with Gasteiger partial charge in [0.2, 0.25) is 0 Å². The predicted octanol–water partition coefficient (Wildman–Crippen LogP) is 1.21. The number of rotatable bonds is 2. The van der Waals surface area contributed by atoms with Crippen molar-refractivity contribution >= 4 is 10.1 Å². The summed E-state index contributed by atoms with van der Waals surface area (Å²) in [6, 6.07) is 0. The Labute approximate surface area is 90.4 Å². The van der Waals surface area contributed by atoms with E-state index in [2.05, 4.69) is 0 Å². The molecule has 2 aliphatic rings. The minimum Gasteiger partial charge on any atom is -0.396 e. The summed E-state index contributed by atoms with van der Waals surface area (Å²) in [5.74, 6) is 0.414. The Bertz CT molecular complexity index is 337. The number of hydrogen-bond acceptors (Lipinski definition) is 3. The van der Waals surface area contributed by atoms with E-state index in [-0.39, 0.29) is 12.5 Å². The summed E-state index contributed by atoms with van der Waals surface area (Å²) in [5.41, 5.74) is 0. The highest BCUT2D eigenvalue weighted by molar-refractivity contribution is 7.87. The highest BCUT2D eigenvalue weighted by atomic mass is 32.2. The van der Waals surface area contributed by atoms with Crippen molar-refractivity contribution < 1.29 is 18.1 Å². The van der Waals surface area contributed by atoms with Gasteiger partial charge in [0.05, 0.1) is 4.75 Å². The monoisotopic (exact) mass is 234 g/mol. The Kier molecular flexibility index (Phi) is 2.81. The summed E-state index contributed by atoms with van der Waals surface area (Å²) in [4.78, 5) is 0. The van der Waals surface area contributed by atoms with Crippen LogP contribution < -0.4 is 0 Å². The maximum atomic E-state index is 11.5. The second-order valence-electron chi connectivity index (χ2n) is 5.11. The zero-order chi connectivity index (χ0) is 11.1. The first-order valence-electron chi connectivity index (χ1n) is 5.55. The molecule has 3 unspecified atom stereocenters. The molecule has 2 aliphatic carbocycles. The lowest BCUT2D eigenvalue weighted by Crippen LogP contribution is -2.48. The second-order valence-corrected chi connectivity index (χ2v) is 6.93. The largest absolute Gasteiger partial charge is 0.396 e. The molecule has 0 saturated heterocycles. The third-order valence-electron chi connectivity index (χ3n) is 4.04. The summed E-state index contributed by atoms with van der Waals surface area (Å²) >= 11 is 0. The van der Waals surface area contributed by atoms with Crippen LogP contribution in [0.3, 0.4) is 0 Å². The van der Waals surface area contributed by atoms with Crippen LogP contribution >= 0.6 is 0 Å². The summed E-state index contributed by atoms with van der Waals surface area (Å²) in [6.45, 7) is 0.0355. The van der Waals surface area contributed by atoms with Gasteiger partial charge in [-0.3, -0.25) is 4.55 Å². The fraction of sp³-hybridized carbons (Fsp3) is 1.00. The molecule has 0 aliphatic heterocycles. The van der Waals surface area contributed by atoms with Gasteiger partial charge >= 0.3 is 0 Å². The maximum absolute atomic E-state index is 11.5. The first-order chi connectivity index (χ1) is 6.97. The molecule has 4 nitrogen and oxygen atoms in total. The van der Waals surface area contributed by atoms with Crippen molar-refractivity contribution in [2.24, 2.45) is 11.8 Å². The van der Waals surface area contributed by atoms with E-state index in [1.54, 1.807) is 0 Å². The van der Waals surface area contributed by atoms with Crippen LogP contribution in [0.1, 0.15) is 38.5 Å². The molecule has 2 saturated carbocycles. The van der Waals surface area contributed by atoms with Gasteiger partial charge in [0.25, 0.3) is 10.1 Å². The molecule has 3 atom stereocenters. The molecular formula is C10H18O4S. The topological polar surface area (TPSA) is 74.6 Å². The van der Waals surface area contributed by atoms with Crippen LogP contribution in [0.5, 0.6) is 0 Å². The van der Waals surface area contributed by atoms with Gasteiger partial charge in [-0.1, -0.05) is 12.8 Å². The van der Waals surface area contributed by atoms with E-state index in [4.69, 9.17) is 5.11 Å². The van der Waals surface area contributed by atoms with Crippen LogP contribution in [0.2, 0.25) is 0 Å². The van der Waals surface area contributed by atoms with Crippen LogP contribution in [-0.2, 0) is 10.1 Å². The highest BCUT2D eigenvalue weighted by Gasteiger charge is 2.50. The van der Waals surface area contributed by atoms with E-state index in [9.17, 15) is 13.0 Å². The molecule has 0 aromatic carbocycles. The van der Waals surface area contributed by atoms with Crippen LogP contribution in [0.4, 0.5) is 0 Å². The van der Waals surface area contributed by atoms with Crippen LogP contribution in [-0.4, -0.2) is 29.4 Å². The minimum atomic E-state index is -3.97. The molecular weight excluding hydrogens is 216 g/mol. The van der Waals surface area contributed by atoms with Crippen molar-refractivity contribution in [3.05, 3.63) is 0 Å². The zero-order valence-corrected chi connectivity index (χ0v) is 9.54. The number of hydrogen-bond donors (Lipinski definition) is 2. The van der Waals surface area contributed by atoms with Crippen molar-refractivity contribution in [1.82, 2.24) is 0 Å². The van der Waals surface area contributed by atoms with Crippen LogP contribution in [0.25, 0.3) is 0 Å². The van der Waals surface area contributed by atoms with Crippen molar-refractivity contribution in [2.45, 2.75) is 43.3 Å². The molecule has 2 bridgehead atoms. The Hall–Kier alpha value is -0.130. The minimum absolute atomic E-state index is 0.0355. The molecule has 2 rings (SSSR count). The summed E-state index contributed by atoms with van der Waals surface area (Å²) in [7, 11) is -3.97. The molecule has 15 heavy (non-hydrogen) atoms. The highest BCUT2D eigenvalue weighted by Crippen LogP contribution is 2.49. The SMILES string of the molecule is O=S(=O)(O)C12CCCC(CC(CO)C1)C2. The van der Waals surface area contributed by atoms with Gasteiger partial charge in [0, 0.05) is 6.61 Å². The van der Waals surface area contributed by atoms with Gasteiger partial charge in [-0.2, -0.15) is 8.42 Å². The average molecular weight is 234 g/mol. The quantitative estimate of drug-likeness (QED) is 0.704. The molecule has 5 heteroatoms. The Balaban J connectivity index is 2.29. The van der Waals surface area contributed by atoms with Gasteiger partial charge in [-0.15, -0.1) is 0 Å². The van der Waals surface area contributed by atoms with Gasteiger partial charge < -0.3 is 5.11 Å². The Morgan fingerprint density at radius 2 is 2.07 bits per heavy atom. The molecule has 0 radical (unpaired) electrons. The number of fused-ring (bicyclic) bond motifs is 2. The fourth-order valence-corrected chi connectivity index (χ4v) is 4.68. The van der Waals surface area contributed by atoms with E-state index in [0.717, 1.165) is 19.3 Å². The third kappa shape index (κ3) is 1.92. The summed E-state index contributed by atoms with van der Waals surface area (Å²) in [5, 5.41) is 9.15. The smallest absolute Gasteiger partial charge is 0.270 e. The fourth-order valence-electron chi connectivity index (χ4n) is 3.39. The Morgan fingerprint density at radius 3 is 2.67 bits per heavy atom. The van der Waals surface area contributed by atoms with Crippen molar-refractivity contribution in [2.75, 3.05) is 6.61 Å². The zero-order valence-electron chi connectivity index (χ0n) is 8.72. The standard InChI is InChI=1S/C10H18O4S/c11-7-9-4-8-2-1-3-10(5-8,6-9)15(12,13)14/h8-9,11H,1-7H2,(H,12,13,14). The summed E-state index contributed by atoms with van der Waals surface area (Å²) in [6.07, 6.45) is 4.39. The normalized spacial score (nSPS) is 41.5. The van der Waals surface area contributed by atoms with Crippen molar-refractivity contribution in [3.8, 4) is 0 Å². The maximum Gasteiger partial charge on any atom is 0.270 e. The van der Waals surface area contributed by atoms with Gasteiger partial charge in [-0.05, 0) is 37.5 Å². The lowest BCUT2D eigenvalue weighted by molar-refractivity contribution is 0.101. The molecule has 0 aromatic heterocycles.